The molecule has 0 aliphatic carbocycles. The molecule has 0 radical (unpaired) electrons. The van der Waals surface area contributed by atoms with Gasteiger partial charge in [-0.15, -0.1) is 0 Å². The molecule has 0 spiro atoms. The predicted octanol–water partition coefficient (Wildman–Crippen LogP) is 2.48. The van der Waals surface area contributed by atoms with E-state index in [1.54, 1.807) is 0 Å². The first-order valence-corrected chi connectivity index (χ1v) is 7.07. The molecule has 96 valence electrons. The average Bonchev–Trinajstić information content (AvgIpc) is 2.26. The van der Waals surface area contributed by atoms with E-state index in [1.165, 1.54) is 0 Å². The van der Waals surface area contributed by atoms with Crippen LogP contribution in [0.25, 0.3) is 0 Å². The van der Waals surface area contributed by atoms with Crippen molar-refractivity contribution >= 4 is 29.3 Å². The van der Waals surface area contributed by atoms with Crippen LogP contribution in [0.3, 0.4) is 0 Å². The zero-order chi connectivity index (χ0) is 12.7. The maximum Gasteiger partial charge on any atom is 0.322 e. The Hall–Kier alpha value is -0.750. The molecule has 1 atom stereocenters. The van der Waals surface area contributed by atoms with Crippen molar-refractivity contribution in [1.82, 2.24) is 15.0 Å². The lowest BCUT2D eigenvalue weighted by Gasteiger charge is -2.13. The number of halogens is 1. The van der Waals surface area contributed by atoms with Crippen LogP contribution in [0.15, 0.2) is 0 Å². The predicted molar refractivity (Wildman–Crippen MR) is 72.1 cm³/mol. The van der Waals surface area contributed by atoms with E-state index in [0.29, 0.717) is 12.6 Å². The zero-order valence-electron chi connectivity index (χ0n) is 10.2. The minimum absolute atomic E-state index is 0.140. The summed E-state index contributed by atoms with van der Waals surface area (Å²) in [6, 6.07) is 0.526. The second-order valence-electron chi connectivity index (χ2n) is 3.35. The lowest BCUT2D eigenvalue weighted by Crippen LogP contribution is -2.20. The van der Waals surface area contributed by atoms with Gasteiger partial charge in [0.05, 0.1) is 6.61 Å². The van der Waals surface area contributed by atoms with E-state index >= 15 is 0 Å². The number of hydrogen-bond acceptors (Lipinski definition) is 6. The van der Waals surface area contributed by atoms with E-state index in [-0.39, 0.29) is 17.3 Å². The second-order valence-corrected chi connectivity index (χ2v) is 5.01. The minimum Gasteiger partial charge on any atom is -0.464 e. The van der Waals surface area contributed by atoms with Crippen LogP contribution in [0.2, 0.25) is 5.28 Å². The summed E-state index contributed by atoms with van der Waals surface area (Å²) in [7, 11) is 0. The smallest absolute Gasteiger partial charge is 0.322 e. The minimum atomic E-state index is 0.140. The Balaban J connectivity index is 2.63. The van der Waals surface area contributed by atoms with Crippen LogP contribution < -0.4 is 10.1 Å². The molecule has 1 N–H and O–H groups in total. The lowest BCUT2D eigenvalue weighted by atomic mass is 10.4. The highest BCUT2D eigenvalue weighted by atomic mass is 35.5. The van der Waals surface area contributed by atoms with Gasteiger partial charge in [0.25, 0.3) is 0 Å². The Labute approximate surface area is 111 Å². The Morgan fingerprint density at radius 2 is 2.12 bits per heavy atom. The van der Waals surface area contributed by atoms with Crippen LogP contribution in [0, 0.1) is 0 Å². The highest BCUT2D eigenvalue weighted by Gasteiger charge is 2.08. The molecule has 5 nitrogen and oxygen atoms in total. The SMILES string of the molecule is CCOc1nc(Cl)nc(NC(C)CSCC)n1. The summed E-state index contributed by atoms with van der Waals surface area (Å²) in [6.45, 7) is 6.57. The summed E-state index contributed by atoms with van der Waals surface area (Å²) in [5.41, 5.74) is 0. The van der Waals surface area contributed by atoms with Crippen LogP contribution >= 0.6 is 23.4 Å². The van der Waals surface area contributed by atoms with E-state index in [4.69, 9.17) is 16.3 Å². The number of nitrogens with one attached hydrogen (secondary N) is 1. The molecule has 0 aliphatic heterocycles. The fourth-order valence-corrected chi connectivity index (χ4v) is 1.97. The van der Waals surface area contributed by atoms with E-state index in [0.717, 1.165) is 11.5 Å². The third-order valence-corrected chi connectivity index (χ3v) is 3.12. The maximum atomic E-state index is 5.79. The van der Waals surface area contributed by atoms with Gasteiger partial charge >= 0.3 is 6.01 Å². The van der Waals surface area contributed by atoms with Gasteiger partial charge in [0, 0.05) is 11.8 Å². The fraction of sp³-hybridized carbons (Fsp3) is 0.700. The summed E-state index contributed by atoms with van der Waals surface area (Å²) < 4.78 is 5.20. The summed E-state index contributed by atoms with van der Waals surface area (Å²) in [4.78, 5) is 12.0. The number of ether oxygens (including phenoxy) is 1. The number of rotatable bonds is 7. The molecule has 0 aromatic carbocycles. The summed E-state index contributed by atoms with van der Waals surface area (Å²) >= 11 is 7.64. The molecular weight excluding hydrogens is 260 g/mol. The molecule has 7 heteroatoms. The van der Waals surface area contributed by atoms with E-state index in [9.17, 15) is 0 Å². The fourth-order valence-electron chi connectivity index (χ4n) is 1.15. The van der Waals surface area contributed by atoms with E-state index < -0.39 is 0 Å². The standard InChI is InChI=1S/C10H17ClN4OS/c1-4-16-10-14-8(11)13-9(15-10)12-7(3)6-17-5-2/h7H,4-6H2,1-3H3,(H,12,13,14,15). The van der Waals surface area contributed by atoms with Gasteiger partial charge < -0.3 is 10.1 Å². The molecule has 0 saturated heterocycles. The third kappa shape index (κ3) is 5.41. The molecule has 17 heavy (non-hydrogen) atoms. The second kappa shape index (κ2) is 7.55. The van der Waals surface area contributed by atoms with Gasteiger partial charge in [-0.25, -0.2) is 0 Å². The molecule has 1 aromatic rings. The molecular formula is C10H17ClN4OS. The lowest BCUT2D eigenvalue weighted by molar-refractivity contribution is 0.312. The first-order chi connectivity index (χ1) is 8.15. The maximum absolute atomic E-state index is 5.79. The number of nitrogens with zero attached hydrogens (tertiary/aromatic N) is 3. The van der Waals surface area contributed by atoms with Crippen molar-refractivity contribution in [3.05, 3.63) is 5.28 Å². The van der Waals surface area contributed by atoms with Gasteiger partial charge in [-0.1, -0.05) is 6.92 Å². The number of aromatic nitrogens is 3. The Bertz CT molecular complexity index is 353. The number of anilines is 1. The molecule has 1 rings (SSSR count). The number of hydrogen-bond donors (Lipinski definition) is 1. The summed E-state index contributed by atoms with van der Waals surface area (Å²) in [5.74, 6) is 2.54. The molecule has 0 bridgehead atoms. The first-order valence-electron chi connectivity index (χ1n) is 5.54. The Morgan fingerprint density at radius 3 is 2.76 bits per heavy atom. The van der Waals surface area contributed by atoms with Gasteiger partial charge in [-0.2, -0.15) is 26.7 Å². The highest BCUT2D eigenvalue weighted by Crippen LogP contribution is 2.13. The third-order valence-electron chi connectivity index (χ3n) is 1.81. The van der Waals surface area contributed by atoms with Crippen molar-refractivity contribution in [2.24, 2.45) is 0 Å². The largest absolute Gasteiger partial charge is 0.464 e. The van der Waals surface area contributed by atoms with Crippen molar-refractivity contribution in [2.45, 2.75) is 26.8 Å². The van der Waals surface area contributed by atoms with Crippen molar-refractivity contribution in [2.75, 3.05) is 23.4 Å². The molecule has 1 unspecified atom stereocenters. The molecule has 0 aliphatic rings. The summed E-state index contributed by atoms with van der Waals surface area (Å²) in [6.07, 6.45) is 0. The molecule has 1 aromatic heterocycles. The van der Waals surface area contributed by atoms with Crippen molar-refractivity contribution in [3.8, 4) is 6.01 Å². The first kappa shape index (κ1) is 14.3. The van der Waals surface area contributed by atoms with Gasteiger partial charge in [0.15, 0.2) is 0 Å². The van der Waals surface area contributed by atoms with Crippen LogP contribution in [0.5, 0.6) is 6.01 Å². The van der Waals surface area contributed by atoms with E-state index in [1.807, 2.05) is 18.7 Å². The van der Waals surface area contributed by atoms with Gasteiger partial charge in [-0.05, 0) is 31.2 Å². The van der Waals surface area contributed by atoms with Crippen LogP contribution in [-0.4, -0.2) is 39.1 Å². The van der Waals surface area contributed by atoms with Crippen molar-refractivity contribution < 1.29 is 4.74 Å². The zero-order valence-corrected chi connectivity index (χ0v) is 11.8. The quantitative estimate of drug-likeness (QED) is 0.826. The van der Waals surface area contributed by atoms with Crippen LogP contribution in [0.4, 0.5) is 5.95 Å². The van der Waals surface area contributed by atoms with E-state index in [2.05, 4.69) is 34.1 Å². The van der Waals surface area contributed by atoms with Gasteiger partial charge in [-0.3, -0.25) is 0 Å². The number of thioether (sulfide) groups is 1. The molecule has 0 saturated carbocycles. The molecule has 1 heterocycles. The Morgan fingerprint density at radius 1 is 1.35 bits per heavy atom. The van der Waals surface area contributed by atoms with Gasteiger partial charge in [0.1, 0.15) is 0 Å². The summed E-state index contributed by atoms with van der Waals surface area (Å²) in [5, 5.41) is 3.31. The monoisotopic (exact) mass is 276 g/mol. The van der Waals surface area contributed by atoms with Crippen molar-refractivity contribution in [3.63, 3.8) is 0 Å². The highest BCUT2D eigenvalue weighted by molar-refractivity contribution is 7.99. The Kier molecular flexibility index (Phi) is 6.36. The van der Waals surface area contributed by atoms with Crippen LogP contribution in [0.1, 0.15) is 20.8 Å². The average molecular weight is 277 g/mol. The molecule has 0 fully saturated rings. The topological polar surface area (TPSA) is 59.9 Å². The normalized spacial score (nSPS) is 12.2. The van der Waals surface area contributed by atoms with Gasteiger partial charge in [0.2, 0.25) is 11.2 Å². The molecule has 0 amide bonds. The van der Waals surface area contributed by atoms with Crippen molar-refractivity contribution in [1.29, 1.82) is 0 Å². The van der Waals surface area contributed by atoms with Crippen LogP contribution in [-0.2, 0) is 0 Å².